The fraction of sp³-hybridized carbons (Fsp3) is 0.100. The van der Waals surface area contributed by atoms with E-state index in [2.05, 4.69) is 27.3 Å². The quantitative estimate of drug-likeness (QED) is 0.265. The van der Waals surface area contributed by atoms with E-state index in [1.165, 1.54) is 42.2 Å². The van der Waals surface area contributed by atoms with E-state index >= 15 is 0 Å². The maximum atomic E-state index is 13.2. The summed E-state index contributed by atoms with van der Waals surface area (Å²) in [5, 5.41) is 12.7. The maximum Gasteiger partial charge on any atom is 0.250 e. The number of amides is 1. The summed E-state index contributed by atoms with van der Waals surface area (Å²) in [6.45, 7) is 4.16. The molecule has 0 saturated carbocycles. The normalized spacial score (nSPS) is 11.0. The smallest absolute Gasteiger partial charge is 0.250 e. The Morgan fingerprint density at radius 1 is 1.10 bits per heavy atom. The van der Waals surface area contributed by atoms with Crippen LogP contribution in [0.15, 0.2) is 71.4 Å². The minimum absolute atomic E-state index is 0.0689. The van der Waals surface area contributed by atoms with Crippen molar-refractivity contribution in [2.75, 3.05) is 5.75 Å². The molecule has 0 aliphatic heterocycles. The van der Waals surface area contributed by atoms with Gasteiger partial charge < -0.3 is 0 Å². The monoisotopic (exact) mass is 413 g/mol. The van der Waals surface area contributed by atoms with Crippen LogP contribution in [0.4, 0.5) is 8.78 Å². The van der Waals surface area contributed by atoms with Gasteiger partial charge in [-0.2, -0.15) is 5.10 Å². The van der Waals surface area contributed by atoms with Crippen molar-refractivity contribution in [1.82, 2.24) is 20.2 Å². The van der Waals surface area contributed by atoms with Crippen LogP contribution in [0.5, 0.6) is 0 Å². The Morgan fingerprint density at radius 3 is 2.41 bits per heavy atom. The van der Waals surface area contributed by atoms with E-state index in [0.717, 1.165) is 0 Å². The highest BCUT2D eigenvalue weighted by molar-refractivity contribution is 7.99. The third-order valence-electron chi connectivity index (χ3n) is 3.74. The lowest BCUT2D eigenvalue weighted by atomic mass is 10.2. The lowest BCUT2D eigenvalue weighted by Gasteiger charge is -2.07. The van der Waals surface area contributed by atoms with E-state index in [4.69, 9.17) is 0 Å². The second-order valence-corrected chi connectivity index (χ2v) is 6.79. The molecule has 0 bridgehead atoms. The summed E-state index contributed by atoms with van der Waals surface area (Å²) in [7, 11) is 0. The molecule has 9 heteroatoms. The van der Waals surface area contributed by atoms with E-state index in [1.807, 2.05) is 0 Å². The molecule has 148 valence electrons. The van der Waals surface area contributed by atoms with Crippen molar-refractivity contribution in [2.24, 2.45) is 5.10 Å². The highest BCUT2D eigenvalue weighted by Crippen LogP contribution is 2.24. The largest absolute Gasteiger partial charge is 0.298 e. The molecule has 0 radical (unpaired) electrons. The van der Waals surface area contributed by atoms with Gasteiger partial charge in [0.25, 0.3) is 5.91 Å². The topological polar surface area (TPSA) is 72.2 Å². The molecular formula is C20H17F2N5OS. The van der Waals surface area contributed by atoms with Gasteiger partial charge in [-0.3, -0.25) is 9.36 Å². The zero-order valence-electron chi connectivity index (χ0n) is 15.3. The number of hydrogen-bond donors (Lipinski definition) is 1. The number of nitrogens with zero attached hydrogens (tertiary/aromatic N) is 4. The van der Waals surface area contributed by atoms with Gasteiger partial charge in [0.15, 0.2) is 11.0 Å². The molecule has 3 aromatic rings. The third-order valence-corrected chi connectivity index (χ3v) is 4.70. The molecule has 1 N–H and O–H groups in total. The molecule has 0 fully saturated rings. The SMILES string of the molecule is C=CCn1c(SCC(=O)NN=Cc2ccc(F)cc2)nnc1-c1ccc(F)cc1. The summed E-state index contributed by atoms with van der Waals surface area (Å²) in [6.07, 6.45) is 3.11. The average Bonchev–Trinajstić information content (AvgIpc) is 3.11. The minimum Gasteiger partial charge on any atom is -0.298 e. The van der Waals surface area contributed by atoms with Crippen molar-refractivity contribution in [3.05, 3.63) is 78.4 Å². The van der Waals surface area contributed by atoms with Crippen molar-refractivity contribution in [3.63, 3.8) is 0 Å². The summed E-state index contributed by atoms with van der Waals surface area (Å²) in [4.78, 5) is 12.0. The Bertz CT molecular complexity index is 1020. The minimum atomic E-state index is -0.341. The lowest BCUT2D eigenvalue weighted by Crippen LogP contribution is -2.20. The molecule has 0 aliphatic carbocycles. The van der Waals surface area contributed by atoms with Gasteiger partial charge in [0.2, 0.25) is 0 Å². The van der Waals surface area contributed by atoms with Crippen LogP contribution in [0, 0.1) is 11.6 Å². The van der Waals surface area contributed by atoms with Crippen molar-refractivity contribution >= 4 is 23.9 Å². The van der Waals surface area contributed by atoms with Crippen LogP contribution < -0.4 is 5.43 Å². The number of thioether (sulfide) groups is 1. The van der Waals surface area contributed by atoms with Gasteiger partial charge in [-0.05, 0) is 42.0 Å². The molecule has 1 heterocycles. The van der Waals surface area contributed by atoms with Crippen LogP contribution in [0.1, 0.15) is 5.56 Å². The van der Waals surface area contributed by atoms with Crippen LogP contribution in [0.3, 0.4) is 0 Å². The number of carbonyl (C=O) groups excluding carboxylic acids is 1. The number of aromatic nitrogens is 3. The Morgan fingerprint density at radius 2 is 1.76 bits per heavy atom. The van der Waals surface area contributed by atoms with Crippen LogP contribution in [0.2, 0.25) is 0 Å². The molecule has 0 atom stereocenters. The predicted octanol–water partition coefficient (Wildman–Crippen LogP) is 3.65. The van der Waals surface area contributed by atoms with E-state index in [-0.39, 0.29) is 23.3 Å². The number of allylic oxidation sites excluding steroid dienone is 1. The molecule has 1 aromatic heterocycles. The molecule has 0 spiro atoms. The number of benzene rings is 2. The van der Waals surface area contributed by atoms with Gasteiger partial charge in [-0.1, -0.05) is 30.0 Å². The second kappa shape index (κ2) is 9.74. The van der Waals surface area contributed by atoms with Crippen LogP contribution in [-0.2, 0) is 11.3 Å². The first-order valence-electron chi connectivity index (χ1n) is 8.57. The molecule has 2 aromatic carbocycles. The van der Waals surface area contributed by atoms with Gasteiger partial charge in [-0.25, -0.2) is 14.2 Å². The average molecular weight is 413 g/mol. The maximum absolute atomic E-state index is 13.2. The number of hydrogen-bond acceptors (Lipinski definition) is 5. The van der Waals surface area contributed by atoms with Crippen molar-refractivity contribution in [1.29, 1.82) is 0 Å². The lowest BCUT2D eigenvalue weighted by molar-refractivity contribution is -0.118. The zero-order chi connectivity index (χ0) is 20.6. The molecule has 29 heavy (non-hydrogen) atoms. The molecule has 3 rings (SSSR count). The zero-order valence-corrected chi connectivity index (χ0v) is 16.1. The summed E-state index contributed by atoms with van der Waals surface area (Å²) in [6, 6.07) is 11.6. The van der Waals surface area contributed by atoms with E-state index in [0.29, 0.717) is 28.7 Å². The Labute approximate surface area is 170 Å². The van der Waals surface area contributed by atoms with Crippen molar-refractivity contribution < 1.29 is 13.6 Å². The second-order valence-electron chi connectivity index (χ2n) is 5.85. The van der Waals surface area contributed by atoms with Gasteiger partial charge in [0.1, 0.15) is 11.6 Å². The predicted molar refractivity (Wildman–Crippen MR) is 108 cm³/mol. The molecule has 0 unspecified atom stereocenters. The van der Waals surface area contributed by atoms with E-state index < -0.39 is 0 Å². The Balaban J connectivity index is 1.62. The third kappa shape index (κ3) is 5.58. The standard InChI is InChI=1S/C20H17F2N5OS/c1-2-11-27-19(15-5-9-17(22)10-6-15)25-26-20(27)29-13-18(28)24-23-12-14-3-7-16(21)8-4-14/h2-10,12H,1,11,13H2,(H,24,28). The molecule has 6 nitrogen and oxygen atoms in total. The highest BCUT2D eigenvalue weighted by atomic mass is 32.2. The van der Waals surface area contributed by atoms with Crippen molar-refractivity contribution in [3.8, 4) is 11.4 Å². The highest BCUT2D eigenvalue weighted by Gasteiger charge is 2.15. The van der Waals surface area contributed by atoms with Gasteiger partial charge in [0, 0.05) is 12.1 Å². The summed E-state index contributed by atoms with van der Waals surface area (Å²) < 4.78 is 27.8. The number of nitrogens with one attached hydrogen (secondary N) is 1. The summed E-state index contributed by atoms with van der Waals surface area (Å²) in [5.41, 5.74) is 3.78. The van der Waals surface area contributed by atoms with Crippen molar-refractivity contribution in [2.45, 2.75) is 11.7 Å². The molecular weight excluding hydrogens is 396 g/mol. The number of hydrazone groups is 1. The first-order chi connectivity index (χ1) is 14.1. The summed E-state index contributed by atoms with van der Waals surface area (Å²) in [5.74, 6) is -0.381. The number of halogens is 2. The van der Waals surface area contributed by atoms with E-state index in [1.54, 1.807) is 34.9 Å². The fourth-order valence-electron chi connectivity index (χ4n) is 2.39. The van der Waals surface area contributed by atoms with Gasteiger partial charge in [0.05, 0.1) is 12.0 Å². The van der Waals surface area contributed by atoms with Gasteiger partial charge >= 0.3 is 0 Å². The fourth-order valence-corrected chi connectivity index (χ4v) is 3.13. The number of rotatable bonds is 8. The number of carbonyl (C=O) groups is 1. The van der Waals surface area contributed by atoms with Gasteiger partial charge in [-0.15, -0.1) is 16.8 Å². The first kappa shape index (κ1) is 20.4. The molecule has 0 saturated heterocycles. The Kier molecular flexibility index (Phi) is 6.85. The summed E-state index contributed by atoms with van der Waals surface area (Å²) >= 11 is 1.19. The first-order valence-corrected chi connectivity index (χ1v) is 9.55. The van der Waals surface area contributed by atoms with Crippen LogP contribution >= 0.6 is 11.8 Å². The van der Waals surface area contributed by atoms with E-state index in [9.17, 15) is 13.6 Å². The van der Waals surface area contributed by atoms with Crippen LogP contribution in [0.25, 0.3) is 11.4 Å². The molecule has 1 amide bonds. The van der Waals surface area contributed by atoms with Crippen LogP contribution in [-0.4, -0.2) is 32.6 Å². The Hall–Kier alpha value is -3.33. The molecule has 0 aliphatic rings.